The molecule has 1 aromatic rings. The number of rotatable bonds is 3. The smallest absolute Gasteiger partial charge is 0.273 e. The molecule has 6 heteroatoms. The lowest BCUT2D eigenvalue weighted by Gasteiger charge is -2.21. The van der Waals surface area contributed by atoms with Crippen molar-refractivity contribution in [1.82, 2.24) is 5.32 Å². The number of carbonyl (C=O) groups excluding carboxylic acids is 1. The predicted octanol–water partition coefficient (Wildman–Crippen LogP) is 2.13. The van der Waals surface area contributed by atoms with Gasteiger partial charge in [0, 0.05) is 11.6 Å². The van der Waals surface area contributed by atoms with Gasteiger partial charge in [0.1, 0.15) is 5.75 Å². The summed E-state index contributed by atoms with van der Waals surface area (Å²) in [4.78, 5) is 22.1. The zero-order valence-electron chi connectivity index (χ0n) is 10.8. The zero-order valence-corrected chi connectivity index (χ0v) is 10.8. The summed E-state index contributed by atoms with van der Waals surface area (Å²) in [6.07, 6.45) is 0. The predicted molar refractivity (Wildman–Crippen MR) is 66.9 cm³/mol. The number of ether oxygens (including phenoxy) is 1. The van der Waals surface area contributed by atoms with E-state index in [9.17, 15) is 14.9 Å². The molecule has 98 valence electrons. The first-order chi connectivity index (χ1) is 8.24. The fourth-order valence-corrected chi connectivity index (χ4v) is 1.39. The molecule has 1 rings (SSSR count). The van der Waals surface area contributed by atoms with Crippen LogP contribution in [0.4, 0.5) is 5.69 Å². The number of carbonyl (C=O) groups is 1. The Morgan fingerprint density at radius 2 is 2.00 bits per heavy atom. The van der Waals surface area contributed by atoms with E-state index in [2.05, 4.69) is 5.32 Å². The van der Waals surface area contributed by atoms with Crippen molar-refractivity contribution in [3.05, 3.63) is 33.9 Å². The van der Waals surface area contributed by atoms with Crippen LogP contribution >= 0.6 is 0 Å². The van der Waals surface area contributed by atoms with Crippen LogP contribution in [0.1, 0.15) is 31.1 Å². The van der Waals surface area contributed by atoms with Gasteiger partial charge in [0.05, 0.1) is 23.7 Å². The lowest BCUT2D eigenvalue weighted by atomic mass is 10.1. The normalized spacial score (nSPS) is 10.9. The third-order valence-corrected chi connectivity index (χ3v) is 2.13. The molecule has 0 saturated carbocycles. The molecule has 0 fully saturated rings. The molecule has 0 unspecified atom stereocenters. The lowest BCUT2D eigenvalue weighted by molar-refractivity contribution is -0.384. The minimum atomic E-state index is -0.534. The Labute approximate surface area is 105 Å². The van der Waals surface area contributed by atoms with Gasteiger partial charge in [0.25, 0.3) is 11.6 Å². The summed E-state index contributed by atoms with van der Waals surface area (Å²) in [6, 6.07) is 3.90. The minimum Gasteiger partial charge on any atom is -0.496 e. The molecular formula is C12H16N2O4. The molecular weight excluding hydrogens is 236 g/mol. The van der Waals surface area contributed by atoms with Crippen molar-refractivity contribution in [3.8, 4) is 5.75 Å². The maximum absolute atomic E-state index is 12.0. The van der Waals surface area contributed by atoms with Crippen molar-refractivity contribution >= 4 is 11.6 Å². The summed E-state index contributed by atoms with van der Waals surface area (Å²) in [5.41, 5.74) is -0.221. The van der Waals surface area contributed by atoms with Crippen molar-refractivity contribution in [2.45, 2.75) is 26.3 Å². The van der Waals surface area contributed by atoms with Crippen LogP contribution in [0.15, 0.2) is 18.2 Å². The third-order valence-electron chi connectivity index (χ3n) is 2.13. The van der Waals surface area contributed by atoms with E-state index in [0.29, 0.717) is 0 Å². The van der Waals surface area contributed by atoms with E-state index in [0.717, 1.165) is 0 Å². The molecule has 1 aromatic carbocycles. The first kappa shape index (κ1) is 14.0. The van der Waals surface area contributed by atoms with Crippen LogP contribution in [0.2, 0.25) is 0 Å². The number of nitrogens with zero attached hydrogens (tertiary/aromatic N) is 1. The minimum absolute atomic E-state index is 0.112. The standard InChI is InChI=1S/C12H16N2O4/c1-12(2,3)13-11(15)9-6-5-8(14(16)17)7-10(9)18-4/h5-7H,1-4H3,(H,13,15). The number of benzene rings is 1. The average molecular weight is 252 g/mol. The quantitative estimate of drug-likeness (QED) is 0.660. The number of hydrogen-bond donors (Lipinski definition) is 1. The molecule has 0 aliphatic heterocycles. The zero-order chi connectivity index (χ0) is 13.9. The number of nitrogens with one attached hydrogen (secondary N) is 1. The first-order valence-electron chi connectivity index (χ1n) is 5.39. The fraction of sp³-hybridized carbons (Fsp3) is 0.417. The number of methoxy groups -OCH3 is 1. The molecule has 0 bridgehead atoms. The highest BCUT2D eigenvalue weighted by Gasteiger charge is 2.20. The van der Waals surface area contributed by atoms with E-state index in [1.54, 1.807) is 0 Å². The summed E-state index contributed by atoms with van der Waals surface area (Å²) in [6.45, 7) is 5.55. The van der Waals surface area contributed by atoms with Gasteiger partial charge < -0.3 is 10.1 Å². The van der Waals surface area contributed by atoms with E-state index in [1.165, 1.54) is 25.3 Å². The van der Waals surface area contributed by atoms with Crippen LogP contribution in [0.25, 0.3) is 0 Å². The molecule has 1 amide bonds. The molecule has 0 aromatic heterocycles. The second-order valence-electron chi connectivity index (χ2n) is 4.85. The molecule has 0 atom stereocenters. The van der Waals surface area contributed by atoms with Gasteiger partial charge >= 0.3 is 0 Å². The van der Waals surface area contributed by atoms with Gasteiger partial charge in [0.15, 0.2) is 0 Å². The van der Waals surface area contributed by atoms with Crippen LogP contribution in [0, 0.1) is 10.1 Å². The molecule has 0 heterocycles. The Hall–Kier alpha value is -2.11. The Kier molecular flexibility index (Phi) is 3.90. The Morgan fingerprint density at radius 1 is 1.39 bits per heavy atom. The summed E-state index contributed by atoms with van der Waals surface area (Å²) < 4.78 is 5.01. The van der Waals surface area contributed by atoms with Gasteiger partial charge in [-0.2, -0.15) is 0 Å². The summed E-state index contributed by atoms with van der Waals surface area (Å²) in [7, 11) is 1.37. The molecule has 6 nitrogen and oxygen atoms in total. The van der Waals surface area contributed by atoms with Gasteiger partial charge in [-0.05, 0) is 26.8 Å². The lowest BCUT2D eigenvalue weighted by Crippen LogP contribution is -2.40. The van der Waals surface area contributed by atoms with Crippen molar-refractivity contribution in [3.63, 3.8) is 0 Å². The van der Waals surface area contributed by atoms with Crippen LogP contribution in [0.5, 0.6) is 5.75 Å². The number of amides is 1. The second-order valence-corrected chi connectivity index (χ2v) is 4.85. The highest BCUT2D eigenvalue weighted by Crippen LogP contribution is 2.24. The largest absolute Gasteiger partial charge is 0.496 e. The molecule has 0 radical (unpaired) electrons. The van der Waals surface area contributed by atoms with E-state index in [1.807, 2.05) is 20.8 Å². The van der Waals surface area contributed by atoms with Gasteiger partial charge in [-0.3, -0.25) is 14.9 Å². The Bertz CT molecular complexity index is 477. The van der Waals surface area contributed by atoms with Crippen LogP contribution in [0.3, 0.4) is 0 Å². The van der Waals surface area contributed by atoms with Crippen LogP contribution < -0.4 is 10.1 Å². The molecule has 0 spiro atoms. The van der Waals surface area contributed by atoms with Gasteiger partial charge in [-0.1, -0.05) is 0 Å². The SMILES string of the molecule is COc1cc([N+](=O)[O-])ccc1C(=O)NC(C)(C)C. The summed E-state index contributed by atoms with van der Waals surface area (Å²) >= 11 is 0. The maximum atomic E-state index is 12.0. The van der Waals surface area contributed by atoms with Crippen molar-refractivity contribution in [2.75, 3.05) is 7.11 Å². The monoisotopic (exact) mass is 252 g/mol. The third kappa shape index (κ3) is 3.44. The van der Waals surface area contributed by atoms with Crippen molar-refractivity contribution in [2.24, 2.45) is 0 Å². The number of nitro groups is 1. The number of hydrogen-bond acceptors (Lipinski definition) is 4. The topological polar surface area (TPSA) is 81.5 Å². The molecule has 0 aliphatic rings. The molecule has 0 aliphatic carbocycles. The van der Waals surface area contributed by atoms with Gasteiger partial charge in [-0.25, -0.2) is 0 Å². The van der Waals surface area contributed by atoms with E-state index in [4.69, 9.17) is 4.74 Å². The summed E-state index contributed by atoms with van der Waals surface area (Å²) in [5.74, 6) is -0.139. The highest BCUT2D eigenvalue weighted by atomic mass is 16.6. The second kappa shape index (κ2) is 5.03. The number of non-ortho nitro benzene ring substituents is 1. The van der Waals surface area contributed by atoms with E-state index >= 15 is 0 Å². The fourth-order valence-electron chi connectivity index (χ4n) is 1.39. The van der Waals surface area contributed by atoms with Crippen molar-refractivity contribution in [1.29, 1.82) is 0 Å². The van der Waals surface area contributed by atoms with Gasteiger partial charge in [0.2, 0.25) is 0 Å². The summed E-state index contributed by atoms with van der Waals surface area (Å²) in [5, 5.41) is 13.4. The molecule has 18 heavy (non-hydrogen) atoms. The first-order valence-corrected chi connectivity index (χ1v) is 5.39. The number of nitro benzene ring substituents is 1. The van der Waals surface area contributed by atoms with Gasteiger partial charge in [-0.15, -0.1) is 0 Å². The average Bonchev–Trinajstić information content (AvgIpc) is 2.25. The molecule has 0 saturated heterocycles. The van der Waals surface area contributed by atoms with Crippen molar-refractivity contribution < 1.29 is 14.5 Å². The Balaban J connectivity index is 3.10. The maximum Gasteiger partial charge on any atom is 0.273 e. The van der Waals surface area contributed by atoms with E-state index < -0.39 is 4.92 Å². The highest BCUT2D eigenvalue weighted by molar-refractivity contribution is 5.97. The van der Waals surface area contributed by atoms with E-state index in [-0.39, 0.29) is 28.4 Å². The van der Waals surface area contributed by atoms with Crippen LogP contribution in [-0.2, 0) is 0 Å². The molecule has 1 N–H and O–H groups in total. The Morgan fingerprint density at radius 3 is 2.44 bits per heavy atom. The van der Waals surface area contributed by atoms with Crippen LogP contribution in [-0.4, -0.2) is 23.5 Å².